The SMILES string of the molecule is COCCOc1cnc2[nH]cc(C(=O)c3c(F)ccc(NS(=O)(=O)c4ccc(F)cc4)c3F)c2c1. The van der Waals surface area contributed by atoms with E-state index in [1.807, 2.05) is 4.72 Å². The number of sulfonamides is 1. The van der Waals surface area contributed by atoms with Crippen molar-refractivity contribution in [2.45, 2.75) is 4.90 Å². The average molecular weight is 505 g/mol. The number of nitrogens with zero attached hydrogens (tertiary/aromatic N) is 1. The number of fused-ring (bicyclic) bond motifs is 1. The molecule has 182 valence electrons. The van der Waals surface area contributed by atoms with Gasteiger partial charge in [-0.25, -0.2) is 26.6 Å². The average Bonchev–Trinajstić information content (AvgIpc) is 3.25. The number of anilines is 1. The third-order valence-corrected chi connectivity index (χ3v) is 6.37. The van der Waals surface area contributed by atoms with Gasteiger partial charge >= 0.3 is 0 Å². The first-order valence-electron chi connectivity index (χ1n) is 10.1. The van der Waals surface area contributed by atoms with Gasteiger partial charge in [-0.3, -0.25) is 9.52 Å². The first kappa shape index (κ1) is 24.2. The van der Waals surface area contributed by atoms with E-state index in [1.165, 1.54) is 25.6 Å². The molecule has 0 spiro atoms. The Kier molecular flexibility index (Phi) is 6.76. The van der Waals surface area contributed by atoms with Gasteiger partial charge in [0.1, 0.15) is 29.6 Å². The van der Waals surface area contributed by atoms with Crippen molar-refractivity contribution in [3.8, 4) is 5.75 Å². The number of carbonyl (C=O) groups excluding carboxylic acids is 1. The highest BCUT2D eigenvalue weighted by Gasteiger charge is 2.26. The Morgan fingerprint density at radius 2 is 1.83 bits per heavy atom. The summed E-state index contributed by atoms with van der Waals surface area (Å²) in [5.74, 6) is -3.98. The fraction of sp³-hybridized carbons (Fsp3) is 0.130. The molecule has 0 saturated carbocycles. The van der Waals surface area contributed by atoms with Crippen molar-refractivity contribution in [3.63, 3.8) is 0 Å². The number of aromatic nitrogens is 2. The number of ketones is 1. The Morgan fingerprint density at radius 1 is 1.09 bits per heavy atom. The van der Waals surface area contributed by atoms with Gasteiger partial charge in [-0.15, -0.1) is 0 Å². The Balaban J connectivity index is 1.69. The van der Waals surface area contributed by atoms with Crippen LogP contribution in [-0.4, -0.2) is 44.5 Å². The number of methoxy groups -OCH3 is 1. The van der Waals surface area contributed by atoms with E-state index in [4.69, 9.17) is 9.47 Å². The molecule has 8 nitrogen and oxygen atoms in total. The number of carbonyl (C=O) groups is 1. The van der Waals surface area contributed by atoms with Gasteiger partial charge in [-0.1, -0.05) is 0 Å². The van der Waals surface area contributed by atoms with Crippen LogP contribution in [0, 0.1) is 17.5 Å². The number of hydrogen-bond acceptors (Lipinski definition) is 6. The lowest BCUT2D eigenvalue weighted by molar-refractivity contribution is 0.103. The van der Waals surface area contributed by atoms with Crippen LogP contribution < -0.4 is 9.46 Å². The Bertz CT molecular complexity index is 1510. The van der Waals surface area contributed by atoms with Crippen molar-refractivity contribution in [1.82, 2.24) is 9.97 Å². The molecule has 0 unspecified atom stereocenters. The topological polar surface area (TPSA) is 110 Å². The van der Waals surface area contributed by atoms with Crippen molar-refractivity contribution in [2.24, 2.45) is 0 Å². The molecule has 2 N–H and O–H groups in total. The normalized spacial score (nSPS) is 11.5. The molecule has 0 fully saturated rings. The maximum Gasteiger partial charge on any atom is 0.261 e. The van der Waals surface area contributed by atoms with Crippen LogP contribution in [-0.2, 0) is 14.8 Å². The number of halogens is 3. The molecule has 0 atom stereocenters. The van der Waals surface area contributed by atoms with Crippen LogP contribution in [0.15, 0.2) is 59.8 Å². The number of rotatable bonds is 9. The highest BCUT2D eigenvalue weighted by molar-refractivity contribution is 7.92. The van der Waals surface area contributed by atoms with Gasteiger partial charge in [0.15, 0.2) is 5.82 Å². The summed E-state index contributed by atoms with van der Waals surface area (Å²) in [6.07, 6.45) is 2.65. The molecule has 0 aliphatic rings. The van der Waals surface area contributed by atoms with Crippen LogP contribution in [0.5, 0.6) is 5.75 Å². The number of hydrogen-bond donors (Lipinski definition) is 2. The third-order valence-electron chi connectivity index (χ3n) is 4.99. The summed E-state index contributed by atoms with van der Waals surface area (Å²) in [6, 6.07) is 6.91. The van der Waals surface area contributed by atoms with E-state index >= 15 is 4.39 Å². The predicted molar refractivity (Wildman–Crippen MR) is 120 cm³/mol. The summed E-state index contributed by atoms with van der Waals surface area (Å²) >= 11 is 0. The van der Waals surface area contributed by atoms with Gasteiger partial charge in [0.25, 0.3) is 10.0 Å². The molecule has 2 heterocycles. The van der Waals surface area contributed by atoms with Crippen LogP contribution in [0.1, 0.15) is 15.9 Å². The molecular weight excluding hydrogens is 487 g/mol. The smallest absolute Gasteiger partial charge is 0.261 e. The first-order valence-corrected chi connectivity index (χ1v) is 11.6. The molecule has 2 aromatic heterocycles. The Labute approximate surface area is 197 Å². The monoisotopic (exact) mass is 505 g/mol. The van der Waals surface area contributed by atoms with E-state index < -0.39 is 44.5 Å². The van der Waals surface area contributed by atoms with Crippen molar-refractivity contribution < 1.29 is 35.9 Å². The molecule has 2 aromatic carbocycles. The molecule has 0 saturated heterocycles. The van der Waals surface area contributed by atoms with E-state index in [0.717, 1.165) is 36.4 Å². The summed E-state index contributed by atoms with van der Waals surface area (Å²) < 4.78 is 80.5. The van der Waals surface area contributed by atoms with Crippen molar-refractivity contribution in [1.29, 1.82) is 0 Å². The van der Waals surface area contributed by atoms with Crippen LogP contribution in [0.25, 0.3) is 11.0 Å². The van der Waals surface area contributed by atoms with Crippen molar-refractivity contribution in [3.05, 3.63) is 83.4 Å². The lowest BCUT2D eigenvalue weighted by atomic mass is 10.0. The number of aromatic amines is 1. The summed E-state index contributed by atoms with van der Waals surface area (Å²) in [4.78, 5) is 19.7. The second-order valence-electron chi connectivity index (χ2n) is 7.28. The van der Waals surface area contributed by atoms with Crippen LogP contribution in [0.2, 0.25) is 0 Å². The van der Waals surface area contributed by atoms with Gasteiger partial charge in [0.2, 0.25) is 5.78 Å². The van der Waals surface area contributed by atoms with Gasteiger partial charge in [0.05, 0.1) is 29.0 Å². The summed E-state index contributed by atoms with van der Waals surface area (Å²) in [5, 5.41) is 0.251. The van der Waals surface area contributed by atoms with Gasteiger partial charge in [-0.2, -0.15) is 0 Å². The van der Waals surface area contributed by atoms with Crippen molar-refractivity contribution >= 4 is 32.5 Å². The highest BCUT2D eigenvalue weighted by Crippen LogP contribution is 2.29. The van der Waals surface area contributed by atoms with E-state index in [9.17, 15) is 22.0 Å². The molecule has 0 bridgehead atoms. The quantitative estimate of drug-likeness (QED) is 0.263. The Morgan fingerprint density at radius 3 is 2.54 bits per heavy atom. The molecule has 0 aliphatic carbocycles. The second kappa shape index (κ2) is 9.76. The summed E-state index contributed by atoms with van der Waals surface area (Å²) in [6.45, 7) is 0.533. The Hall–Kier alpha value is -3.90. The fourth-order valence-electron chi connectivity index (χ4n) is 3.29. The largest absolute Gasteiger partial charge is 0.490 e. The zero-order chi connectivity index (χ0) is 25.2. The summed E-state index contributed by atoms with van der Waals surface area (Å²) in [5.41, 5.74) is -1.43. The minimum absolute atomic E-state index is 0.0963. The lowest BCUT2D eigenvalue weighted by Crippen LogP contribution is -2.16. The van der Waals surface area contributed by atoms with E-state index in [-0.39, 0.29) is 28.1 Å². The van der Waals surface area contributed by atoms with Gasteiger partial charge in [-0.05, 0) is 42.5 Å². The molecular formula is C23H18F3N3O5S. The zero-order valence-corrected chi connectivity index (χ0v) is 19.0. The molecule has 0 aliphatic heterocycles. The molecule has 0 radical (unpaired) electrons. The first-order chi connectivity index (χ1) is 16.7. The van der Waals surface area contributed by atoms with Gasteiger partial charge < -0.3 is 14.5 Å². The van der Waals surface area contributed by atoms with E-state index in [2.05, 4.69) is 9.97 Å². The minimum atomic E-state index is -4.35. The molecule has 35 heavy (non-hydrogen) atoms. The van der Waals surface area contributed by atoms with E-state index in [0.29, 0.717) is 12.4 Å². The summed E-state index contributed by atoms with van der Waals surface area (Å²) in [7, 11) is -2.84. The van der Waals surface area contributed by atoms with Crippen LogP contribution >= 0.6 is 0 Å². The zero-order valence-electron chi connectivity index (χ0n) is 18.1. The highest BCUT2D eigenvalue weighted by atomic mass is 32.2. The van der Waals surface area contributed by atoms with E-state index in [1.54, 1.807) is 0 Å². The number of nitrogens with one attached hydrogen (secondary N) is 2. The fourth-order valence-corrected chi connectivity index (χ4v) is 4.34. The molecule has 4 rings (SSSR count). The van der Waals surface area contributed by atoms with Crippen molar-refractivity contribution in [2.75, 3.05) is 25.0 Å². The predicted octanol–water partition coefficient (Wildman–Crippen LogP) is 4.04. The standard InChI is InChI=1S/C23H18F3N3O5S/c1-33-8-9-34-14-10-16-17(12-28-23(16)27-11-14)22(30)20-18(25)6-7-19(21(20)26)29-35(31,32)15-4-2-13(24)3-5-15/h2-7,10-12,29H,8-9H2,1H3,(H,27,28). The number of pyridine rings is 1. The maximum atomic E-state index is 15.3. The maximum absolute atomic E-state index is 15.3. The molecule has 0 amide bonds. The third kappa shape index (κ3) is 4.98. The lowest BCUT2D eigenvalue weighted by Gasteiger charge is -2.12. The molecule has 12 heteroatoms. The van der Waals surface area contributed by atoms with Crippen LogP contribution in [0.3, 0.4) is 0 Å². The molecule has 4 aromatic rings. The number of benzene rings is 2. The number of H-pyrrole nitrogens is 1. The minimum Gasteiger partial charge on any atom is -0.490 e. The van der Waals surface area contributed by atoms with Crippen LogP contribution in [0.4, 0.5) is 18.9 Å². The van der Waals surface area contributed by atoms with Gasteiger partial charge in [0, 0.05) is 24.3 Å². The number of ether oxygens (including phenoxy) is 2. The second-order valence-corrected chi connectivity index (χ2v) is 8.97.